The third-order valence-electron chi connectivity index (χ3n) is 3.87. The Labute approximate surface area is 135 Å². The number of ketones is 1. The van der Waals surface area contributed by atoms with Crippen LogP contribution in [-0.2, 0) is 11.4 Å². The maximum Gasteiger partial charge on any atom is 0.215 e. The van der Waals surface area contributed by atoms with Gasteiger partial charge in [0.1, 0.15) is 18.2 Å². The lowest BCUT2D eigenvalue weighted by molar-refractivity contribution is -0.119. The second-order valence-electron chi connectivity index (χ2n) is 5.42. The fourth-order valence-corrected chi connectivity index (χ4v) is 2.55. The summed E-state index contributed by atoms with van der Waals surface area (Å²) in [4.78, 5) is 17.9. The first-order valence-corrected chi connectivity index (χ1v) is 7.61. The van der Waals surface area contributed by atoms with Crippen molar-refractivity contribution in [1.82, 2.24) is 4.98 Å². The smallest absolute Gasteiger partial charge is 0.215 e. The van der Waals surface area contributed by atoms with Gasteiger partial charge in [0.15, 0.2) is 0 Å². The van der Waals surface area contributed by atoms with Crippen LogP contribution < -0.4 is 9.64 Å². The van der Waals surface area contributed by atoms with E-state index in [1.807, 2.05) is 30.3 Å². The number of nitriles is 1. The van der Waals surface area contributed by atoms with Crippen molar-refractivity contribution in [2.75, 3.05) is 18.0 Å². The molecule has 1 aliphatic heterocycles. The molecular formula is C18H17N3O2. The Morgan fingerprint density at radius 3 is 2.70 bits per heavy atom. The van der Waals surface area contributed by atoms with Gasteiger partial charge in [0.25, 0.3) is 0 Å². The molecule has 0 spiro atoms. The topological polar surface area (TPSA) is 66.2 Å². The van der Waals surface area contributed by atoms with Crippen LogP contribution in [0.2, 0.25) is 0 Å². The lowest BCUT2D eigenvalue weighted by atomic mass is 10.1. The lowest BCUT2D eigenvalue weighted by Crippen LogP contribution is -2.34. The van der Waals surface area contributed by atoms with Crippen LogP contribution in [0.15, 0.2) is 42.5 Å². The first-order chi connectivity index (χ1) is 11.3. The first kappa shape index (κ1) is 15.0. The quantitative estimate of drug-likeness (QED) is 0.869. The summed E-state index contributed by atoms with van der Waals surface area (Å²) in [6.07, 6.45) is 1.14. The largest absolute Gasteiger partial charge is 0.473 e. The Bertz CT molecular complexity index is 742. The van der Waals surface area contributed by atoms with E-state index in [9.17, 15) is 4.79 Å². The van der Waals surface area contributed by atoms with E-state index in [1.165, 1.54) is 0 Å². The van der Waals surface area contributed by atoms with Gasteiger partial charge in [-0.15, -0.1) is 0 Å². The van der Waals surface area contributed by atoms with E-state index in [0.29, 0.717) is 49.8 Å². The molecule has 0 N–H and O–H groups in total. The van der Waals surface area contributed by atoms with Crippen LogP contribution in [0.3, 0.4) is 0 Å². The molecule has 1 saturated heterocycles. The summed E-state index contributed by atoms with van der Waals surface area (Å²) in [6.45, 7) is 1.71. The van der Waals surface area contributed by atoms with Gasteiger partial charge in [0, 0.05) is 37.6 Å². The Morgan fingerprint density at radius 2 is 1.91 bits per heavy atom. The van der Waals surface area contributed by atoms with Crippen LogP contribution >= 0.6 is 0 Å². The summed E-state index contributed by atoms with van der Waals surface area (Å²) in [5.74, 6) is 1.65. The molecule has 0 radical (unpaired) electrons. The van der Waals surface area contributed by atoms with Gasteiger partial charge in [0.05, 0.1) is 11.6 Å². The number of pyridine rings is 1. The minimum Gasteiger partial charge on any atom is -0.473 e. The Hall–Kier alpha value is -2.87. The number of piperidine rings is 1. The summed E-state index contributed by atoms with van der Waals surface area (Å²) in [7, 11) is 0. The number of carbonyl (C=O) groups excluding carboxylic acids is 1. The Kier molecular flexibility index (Phi) is 4.53. The van der Waals surface area contributed by atoms with Crippen molar-refractivity contribution < 1.29 is 9.53 Å². The highest BCUT2D eigenvalue weighted by Crippen LogP contribution is 2.20. The summed E-state index contributed by atoms with van der Waals surface area (Å²) in [6, 6.07) is 15.1. The normalized spacial score (nSPS) is 14.4. The van der Waals surface area contributed by atoms with Crippen molar-refractivity contribution in [1.29, 1.82) is 5.26 Å². The molecule has 0 saturated carbocycles. The van der Waals surface area contributed by atoms with Crippen LogP contribution in [-0.4, -0.2) is 23.9 Å². The maximum atomic E-state index is 11.3. The molecule has 2 heterocycles. The molecule has 0 amide bonds. The van der Waals surface area contributed by atoms with E-state index < -0.39 is 0 Å². The van der Waals surface area contributed by atoms with Crippen LogP contribution in [0.1, 0.15) is 24.0 Å². The molecule has 1 fully saturated rings. The maximum absolute atomic E-state index is 11.3. The highest BCUT2D eigenvalue weighted by atomic mass is 16.5. The van der Waals surface area contributed by atoms with Crippen LogP contribution in [0.4, 0.5) is 5.82 Å². The molecule has 0 unspecified atom stereocenters. The number of Topliss-reactive ketones (excluding diaryl/α,β-unsaturated/α-hetero) is 1. The molecule has 3 rings (SSSR count). The summed E-state index contributed by atoms with van der Waals surface area (Å²) >= 11 is 0. The molecule has 1 aliphatic rings. The number of anilines is 1. The molecule has 0 bridgehead atoms. The van der Waals surface area contributed by atoms with Crippen LogP contribution in [0.5, 0.6) is 5.88 Å². The van der Waals surface area contributed by atoms with Crippen molar-refractivity contribution in [3.05, 3.63) is 53.6 Å². The average molecular weight is 307 g/mol. The molecule has 0 aliphatic carbocycles. The van der Waals surface area contributed by atoms with Crippen molar-refractivity contribution >= 4 is 11.6 Å². The van der Waals surface area contributed by atoms with Gasteiger partial charge in [-0.2, -0.15) is 10.2 Å². The van der Waals surface area contributed by atoms with E-state index in [-0.39, 0.29) is 0 Å². The Balaban J connectivity index is 1.68. The molecule has 1 aromatic carbocycles. The van der Waals surface area contributed by atoms with Crippen molar-refractivity contribution in [3.63, 3.8) is 0 Å². The molecule has 5 nitrogen and oxygen atoms in total. The SMILES string of the molecule is N#Cc1ccccc1COc1cccc(N2CCC(=O)CC2)n1. The molecule has 116 valence electrons. The molecule has 23 heavy (non-hydrogen) atoms. The summed E-state index contributed by atoms with van der Waals surface area (Å²) < 4.78 is 5.73. The third kappa shape index (κ3) is 3.67. The minimum absolute atomic E-state index is 0.304. The zero-order valence-electron chi connectivity index (χ0n) is 12.7. The number of carbonyl (C=O) groups is 1. The second-order valence-corrected chi connectivity index (χ2v) is 5.42. The number of benzene rings is 1. The van der Waals surface area contributed by atoms with Crippen LogP contribution in [0.25, 0.3) is 0 Å². The van der Waals surface area contributed by atoms with E-state index in [2.05, 4.69) is 16.0 Å². The number of aromatic nitrogens is 1. The zero-order valence-corrected chi connectivity index (χ0v) is 12.7. The fourth-order valence-electron chi connectivity index (χ4n) is 2.55. The van der Waals surface area contributed by atoms with E-state index in [4.69, 9.17) is 10.00 Å². The lowest BCUT2D eigenvalue weighted by Gasteiger charge is -2.27. The number of hydrogen-bond acceptors (Lipinski definition) is 5. The Morgan fingerprint density at radius 1 is 1.13 bits per heavy atom. The molecular weight excluding hydrogens is 290 g/mol. The van der Waals surface area contributed by atoms with E-state index >= 15 is 0 Å². The summed E-state index contributed by atoms with van der Waals surface area (Å²) in [5.41, 5.74) is 1.45. The van der Waals surface area contributed by atoms with Gasteiger partial charge in [-0.05, 0) is 12.1 Å². The fraction of sp³-hybridized carbons (Fsp3) is 0.278. The predicted molar refractivity (Wildman–Crippen MR) is 86.2 cm³/mol. The minimum atomic E-state index is 0.304. The average Bonchev–Trinajstić information content (AvgIpc) is 2.61. The van der Waals surface area contributed by atoms with Crippen molar-refractivity contribution in [3.8, 4) is 11.9 Å². The van der Waals surface area contributed by atoms with E-state index in [1.54, 1.807) is 12.1 Å². The predicted octanol–water partition coefficient (Wildman–Crippen LogP) is 2.70. The van der Waals surface area contributed by atoms with E-state index in [0.717, 1.165) is 11.4 Å². The summed E-state index contributed by atoms with van der Waals surface area (Å²) in [5, 5.41) is 9.10. The molecule has 1 aromatic heterocycles. The number of ether oxygens (including phenoxy) is 1. The third-order valence-corrected chi connectivity index (χ3v) is 3.87. The highest BCUT2D eigenvalue weighted by Gasteiger charge is 2.17. The number of rotatable bonds is 4. The van der Waals surface area contributed by atoms with Gasteiger partial charge in [-0.1, -0.05) is 24.3 Å². The van der Waals surface area contributed by atoms with Crippen molar-refractivity contribution in [2.45, 2.75) is 19.4 Å². The zero-order chi connectivity index (χ0) is 16.1. The van der Waals surface area contributed by atoms with Gasteiger partial charge >= 0.3 is 0 Å². The monoisotopic (exact) mass is 307 g/mol. The second kappa shape index (κ2) is 6.93. The van der Waals surface area contributed by atoms with Gasteiger partial charge in [0.2, 0.25) is 5.88 Å². The van der Waals surface area contributed by atoms with Gasteiger partial charge < -0.3 is 9.64 Å². The van der Waals surface area contributed by atoms with Crippen molar-refractivity contribution in [2.24, 2.45) is 0 Å². The van der Waals surface area contributed by atoms with Crippen LogP contribution in [0, 0.1) is 11.3 Å². The number of hydrogen-bond donors (Lipinski definition) is 0. The molecule has 2 aromatic rings. The highest BCUT2D eigenvalue weighted by molar-refractivity contribution is 5.80. The molecule has 5 heteroatoms. The first-order valence-electron chi connectivity index (χ1n) is 7.61. The van der Waals surface area contributed by atoms with Gasteiger partial charge in [-0.3, -0.25) is 4.79 Å². The standard InChI is InChI=1S/C18H17N3O2/c19-12-14-4-1-2-5-15(14)13-23-18-7-3-6-17(20-18)21-10-8-16(22)9-11-21/h1-7H,8-11,13H2. The number of nitrogens with zero attached hydrogens (tertiary/aromatic N) is 3. The molecule has 0 atom stereocenters. The van der Waals surface area contributed by atoms with Gasteiger partial charge in [-0.25, -0.2) is 0 Å².